The number of thiophene rings is 1. The van der Waals surface area contributed by atoms with E-state index < -0.39 is 17.9 Å². The van der Waals surface area contributed by atoms with E-state index in [1.54, 1.807) is 66.0 Å². The van der Waals surface area contributed by atoms with Crippen molar-refractivity contribution < 1.29 is 14.4 Å². The van der Waals surface area contributed by atoms with Gasteiger partial charge in [-0.15, -0.1) is 11.3 Å². The summed E-state index contributed by atoms with van der Waals surface area (Å²) in [6.07, 6.45) is 0. The van der Waals surface area contributed by atoms with Gasteiger partial charge in [-0.2, -0.15) is 0 Å². The third-order valence-electron chi connectivity index (χ3n) is 3.83. The normalized spacial score (nSPS) is 11.3. The lowest BCUT2D eigenvalue weighted by atomic mass is 10.1. The van der Waals surface area contributed by atoms with Crippen molar-refractivity contribution in [3.8, 4) is 0 Å². The molecule has 3 N–H and O–H groups in total. The van der Waals surface area contributed by atoms with E-state index in [1.807, 2.05) is 0 Å². The highest BCUT2D eigenvalue weighted by Gasteiger charge is 2.24. The van der Waals surface area contributed by atoms with Gasteiger partial charge in [-0.1, -0.05) is 60.1 Å². The summed E-state index contributed by atoms with van der Waals surface area (Å²) in [5.41, 5.74) is 5.48. The summed E-state index contributed by atoms with van der Waals surface area (Å²) in [5, 5.41) is 4.73. The molecule has 0 fully saturated rings. The zero-order valence-corrected chi connectivity index (χ0v) is 16.1. The van der Waals surface area contributed by atoms with Crippen molar-refractivity contribution in [2.24, 2.45) is 0 Å². The molecule has 28 heavy (non-hydrogen) atoms. The Morgan fingerprint density at radius 2 is 1.54 bits per heavy atom. The first-order valence-corrected chi connectivity index (χ1v) is 9.56. The standard InChI is InChI=1S/C20H16ClN3O3S/c21-15-10-5-4-9-14(15)18(25)23-24-20(27)17(13-7-2-1-3-8-13)22-19(26)16-11-6-12-28-16/h1-12,17H,(H,22,26)(H,23,25)(H,24,27). The Morgan fingerprint density at radius 1 is 0.821 bits per heavy atom. The fourth-order valence-corrected chi connectivity index (χ4v) is 3.31. The molecule has 3 rings (SSSR count). The number of rotatable bonds is 5. The van der Waals surface area contributed by atoms with Gasteiger partial charge in [0, 0.05) is 0 Å². The van der Waals surface area contributed by atoms with Crippen molar-refractivity contribution in [1.29, 1.82) is 0 Å². The lowest BCUT2D eigenvalue weighted by Crippen LogP contribution is -2.48. The molecule has 3 amide bonds. The first kappa shape index (κ1) is 19.6. The van der Waals surface area contributed by atoms with Gasteiger partial charge in [0.05, 0.1) is 15.5 Å². The van der Waals surface area contributed by atoms with E-state index >= 15 is 0 Å². The van der Waals surface area contributed by atoms with E-state index in [4.69, 9.17) is 11.6 Å². The number of carbonyl (C=O) groups is 3. The lowest BCUT2D eigenvalue weighted by Gasteiger charge is -2.19. The van der Waals surface area contributed by atoms with Crippen LogP contribution in [-0.2, 0) is 4.79 Å². The zero-order chi connectivity index (χ0) is 19.9. The number of carbonyl (C=O) groups excluding carboxylic acids is 3. The quantitative estimate of drug-likeness (QED) is 0.560. The summed E-state index contributed by atoms with van der Waals surface area (Å²) < 4.78 is 0. The Kier molecular flexibility index (Phi) is 6.41. The van der Waals surface area contributed by atoms with Crippen LogP contribution in [0.15, 0.2) is 72.1 Å². The first-order chi connectivity index (χ1) is 13.6. The monoisotopic (exact) mass is 413 g/mol. The average Bonchev–Trinajstić information content (AvgIpc) is 3.26. The van der Waals surface area contributed by atoms with Crippen molar-refractivity contribution in [3.05, 3.63) is 93.1 Å². The minimum absolute atomic E-state index is 0.225. The summed E-state index contributed by atoms with van der Waals surface area (Å²) >= 11 is 7.26. The highest BCUT2D eigenvalue weighted by atomic mass is 35.5. The van der Waals surface area contributed by atoms with Crippen LogP contribution in [0.4, 0.5) is 0 Å². The molecule has 0 saturated heterocycles. The maximum absolute atomic E-state index is 12.7. The zero-order valence-electron chi connectivity index (χ0n) is 14.5. The van der Waals surface area contributed by atoms with Crippen LogP contribution in [0, 0.1) is 0 Å². The van der Waals surface area contributed by atoms with Gasteiger partial charge in [0.2, 0.25) is 0 Å². The summed E-state index contributed by atoms with van der Waals surface area (Å²) in [5.74, 6) is -1.52. The van der Waals surface area contributed by atoms with E-state index in [2.05, 4.69) is 16.2 Å². The van der Waals surface area contributed by atoms with Gasteiger partial charge in [0.1, 0.15) is 6.04 Å². The second kappa shape index (κ2) is 9.16. The predicted molar refractivity (Wildman–Crippen MR) is 108 cm³/mol. The summed E-state index contributed by atoms with van der Waals surface area (Å²) in [6, 6.07) is 17.7. The lowest BCUT2D eigenvalue weighted by molar-refractivity contribution is -0.123. The van der Waals surface area contributed by atoms with Crippen LogP contribution in [0.25, 0.3) is 0 Å². The number of hydrogen-bond donors (Lipinski definition) is 3. The number of hydrogen-bond acceptors (Lipinski definition) is 4. The molecule has 0 aliphatic rings. The van der Waals surface area contributed by atoms with Crippen LogP contribution in [0.2, 0.25) is 5.02 Å². The van der Waals surface area contributed by atoms with Crippen LogP contribution in [0.5, 0.6) is 0 Å². The van der Waals surface area contributed by atoms with Gasteiger partial charge in [-0.3, -0.25) is 25.2 Å². The van der Waals surface area contributed by atoms with Crippen LogP contribution in [0.1, 0.15) is 31.6 Å². The SMILES string of the molecule is O=C(NC(C(=O)NNC(=O)c1ccccc1Cl)c1ccccc1)c1cccs1. The fourth-order valence-electron chi connectivity index (χ4n) is 2.46. The van der Waals surface area contributed by atoms with Crippen molar-refractivity contribution in [3.63, 3.8) is 0 Å². The van der Waals surface area contributed by atoms with E-state index in [-0.39, 0.29) is 16.5 Å². The summed E-state index contributed by atoms with van der Waals surface area (Å²) in [6.45, 7) is 0. The molecule has 2 aromatic carbocycles. The van der Waals surface area contributed by atoms with Crippen molar-refractivity contribution >= 4 is 40.7 Å². The minimum atomic E-state index is -0.984. The van der Waals surface area contributed by atoms with Crippen molar-refractivity contribution in [2.75, 3.05) is 0 Å². The van der Waals surface area contributed by atoms with Gasteiger partial charge in [-0.05, 0) is 29.1 Å². The van der Waals surface area contributed by atoms with Crippen molar-refractivity contribution in [2.45, 2.75) is 6.04 Å². The maximum atomic E-state index is 12.7. The first-order valence-electron chi connectivity index (χ1n) is 8.30. The Hall–Kier alpha value is -3.16. The molecule has 0 radical (unpaired) electrons. The molecule has 3 aromatic rings. The second-order valence-corrected chi connectivity index (χ2v) is 7.07. The highest BCUT2D eigenvalue weighted by Crippen LogP contribution is 2.16. The second-order valence-electron chi connectivity index (χ2n) is 5.72. The van der Waals surface area contributed by atoms with Gasteiger partial charge in [0.15, 0.2) is 0 Å². The number of benzene rings is 2. The third-order valence-corrected chi connectivity index (χ3v) is 5.03. The van der Waals surface area contributed by atoms with Crippen LogP contribution in [0.3, 0.4) is 0 Å². The van der Waals surface area contributed by atoms with Crippen LogP contribution >= 0.6 is 22.9 Å². The Morgan fingerprint density at radius 3 is 2.21 bits per heavy atom. The molecule has 0 bridgehead atoms. The molecule has 142 valence electrons. The Labute approximate surface area is 170 Å². The number of amides is 3. The summed E-state index contributed by atoms with van der Waals surface area (Å²) in [4.78, 5) is 37.8. The predicted octanol–water partition coefficient (Wildman–Crippen LogP) is 3.33. The topological polar surface area (TPSA) is 87.3 Å². The number of hydrazine groups is 1. The molecule has 0 saturated carbocycles. The van der Waals surface area contributed by atoms with Crippen molar-refractivity contribution in [1.82, 2.24) is 16.2 Å². The fraction of sp³-hybridized carbons (Fsp3) is 0.0500. The molecule has 0 spiro atoms. The van der Waals surface area contributed by atoms with Gasteiger partial charge >= 0.3 is 0 Å². The Bertz CT molecular complexity index is 977. The van der Waals surface area contributed by atoms with Gasteiger partial charge in [-0.25, -0.2) is 0 Å². The van der Waals surface area contributed by atoms with Crippen LogP contribution < -0.4 is 16.2 Å². The molecule has 1 heterocycles. The Balaban J connectivity index is 1.72. The average molecular weight is 414 g/mol. The maximum Gasteiger partial charge on any atom is 0.271 e. The molecular formula is C20H16ClN3O3S. The molecule has 1 atom stereocenters. The molecule has 8 heteroatoms. The van der Waals surface area contributed by atoms with E-state index in [9.17, 15) is 14.4 Å². The molecule has 1 unspecified atom stereocenters. The van der Waals surface area contributed by atoms with E-state index in [0.717, 1.165) is 0 Å². The number of nitrogens with one attached hydrogen (secondary N) is 3. The molecule has 6 nitrogen and oxygen atoms in total. The molecular weight excluding hydrogens is 398 g/mol. The smallest absolute Gasteiger partial charge is 0.271 e. The van der Waals surface area contributed by atoms with E-state index in [1.165, 1.54) is 17.4 Å². The highest BCUT2D eigenvalue weighted by molar-refractivity contribution is 7.12. The van der Waals surface area contributed by atoms with Gasteiger partial charge in [0.25, 0.3) is 17.7 Å². The van der Waals surface area contributed by atoms with Crippen LogP contribution in [-0.4, -0.2) is 17.7 Å². The van der Waals surface area contributed by atoms with Gasteiger partial charge < -0.3 is 5.32 Å². The number of halogens is 1. The summed E-state index contributed by atoms with van der Waals surface area (Å²) in [7, 11) is 0. The molecule has 0 aliphatic carbocycles. The van der Waals surface area contributed by atoms with E-state index in [0.29, 0.717) is 10.4 Å². The third kappa shape index (κ3) is 4.76. The molecule has 0 aliphatic heterocycles. The molecule has 1 aromatic heterocycles. The minimum Gasteiger partial charge on any atom is -0.336 e. The largest absolute Gasteiger partial charge is 0.336 e.